The highest BCUT2D eigenvalue weighted by atomic mass is 19.4. The monoisotopic (exact) mass is 621 g/mol. The van der Waals surface area contributed by atoms with Gasteiger partial charge in [-0.3, -0.25) is 4.90 Å². The smallest absolute Gasteiger partial charge is 0.383 e. The number of nitrogen functional groups attached to an aromatic ring is 1. The van der Waals surface area contributed by atoms with Gasteiger partial charge in [0.05, 0.1) is 23.5 Å². The molecule has 1 saturated heterocycles. The summed E-state index contributed by atoms with van der Waals surface area (Å²) >= 11 is 0. The van der Waals surface area contributed by atoms with Gasteiger partial charge in [0.15, 0.2) is 5.82 Å². The zero-order valence-corrected chi connectivity index (χ0v) is 23.5. The number of ether oxygens (including phenoxy) is 1. The van der Waals surface area contributed by atoms with Crippen LogP contribution in [0.15, 0.2) is 42.7 Å². The van der Waals surface area contributed by atoms with E-state index in [2.05, 4.69) is 15.0 Å². The Morgan fingerprint density at radius 1 is 1.05 bits per heavy atom. The summed E-state index contributed by atoms with van der Waals surface area (Å²) in [7, 11) is 1.68. The number of amides is 2. The number of alkyl halides is 3. The first-order valence-corrected chi connectivity index (χ1v) is 13.7. The minimum absolute atomic E-state index is 0.0467. The lowest BCUT2D eigenvalue weighted by Gasteiger charge is -2.23. The number of anilines is 3. The molecule has 2 aromatic carbocycles. The standard InChI is InChI=1S/C29H29F6N7O2/c1-44-14-18-5-3-9-41(18)8-2-4-17-11-20(26-27(36)37-15-38-42(17)26)19-12-23(32)25(13-22(19)31)40-28(43)39-24-10-16(29(33,34)35)6-7-21(24)30/h6-7,10-13,15,18H,2-5,8-9,14H2,1H3,(H2,36,37,38)(H2,39,40,43)/t18-/m0/s1. The molecule has 9 nitrogen and oxygen atoms in total. The Balaban J connectivity index is 1.36. The maximum atomic E-state index is 15.4. The van der Waals surface area contributed by atoms with Crippen LogP contribution in [0.25, 0.3) is 16.6 Å². The van der Waals surface area contributed by atoms with Crippen molar-refractivity contribution >= 4 is 28.7 Å². The van der Waals surface area contributed by atoms with Gasteiger partial charge in [-0.2, -0.15) is 18.3 Å². The molecular formula is C29H29F6N7O2. The molecule has 0 saturated carbocycles. The Hall–Kier alpha value is -4.37. The van der Waals surface area contributed by atoms with Gasteiger partial charge in [0.2, 0.25) is 0 Å². The van der Waals surface area contributed by atoms with Crippen molar-refractivity contribution in [2.75, 3.05) is 43.2 Å². The van der Waals surface area contributed by atoms with Crippen molar-refractivity contribution in [3.63, 3.8) is 0 Å². The average molecular weight is 622 g/mol. The number of hydrogen-bond acceptors (Lipinski definition) is 6. The van der Waals surface area contributed by atoms with Crippen molar-refractivity contribution in [2.45, 2.75) is 37.9 Å². The lowest BCUT2D eigenvalue weighted by atomic mass is 10.0. The van der Waals surface area contributed by atoms with Crippen molar-refractivity contribution in [3.8, 4) is 11.1 Å². The highest BCUT2D eigenvalue weighted by Gasteiger charge is 2.31. The van der Waals surface area contributed by atoms with Crippen LogP contribution in [0.4, 0.5) is 48.3 Å². The van der Waals surface area contributed by atoms with Crippen LogP contribution in [0.1, 0.15) is 30.5 Å². The fourth-order valence-electron chi connectivity index (χ4n) is 5.47. The number of aromatic nitrogens is 3. The van der Waals surface area contributed by atoms with Gasteiger partial charge in [-0.15, -0.1) is 0 Å². The summed E-state index contributed by atoms with van der Waals surface area (Å²) in [6.07, 6.45) is -0.0453. The van der Waals surface area contributed by atoms with E-state index < -0.39 is 46.6 Å². The molecule has 0 radical (unpaired) electrons. The first kappa shape index (κ1) is 31.1. The summed E-state index contributed by atoms with van der Waals surface area (Å²) in [4.78, 5) is 18.7. The zero-order valence-electron chi connectivity index (χ0n) is 23.5. The van der Waals surface area contributed by atoms with E-state index in [4.69, 9.17) is 10.5 Å². The van der Waals surface area contributed by atoms with Crippen molar-refractivity contribution in [2.24, 2.45) is 0 Å². The Labute approximate surface area is 248 Å². The van der Waals surface area contributed by atoms with Crippen molar-refractivity contribution in [1.29, 1.82) is 0 Å². The summed E-state index contributed by atoms with van der Waals surface area (Å²) in [5.74, 6) is -3.10. The first-order chi connectivity index (χ1) is 21.0. The number of halogens is 6. The number of carbonyl (C=O) groups excluding carboxylic acids is 1. The molecule has 1 aliphatic heterocycles. The molecule has 5 rings (SSSR count). The number of rotatable bonds is 9. The first-order valence-electron chi connectivity index (χ1n) is 13.7. The Kier molecular flexibility index (Phi) is 8.97. The molecule has 1 fully saturated rings. The highest BCUT2D eigenvalue weighted by molar-refractivity contribution is 6.00. The van der Waals surface area contributed by atoms with Crippen LogP contribution < -0.4 is 16.4 Å². The average Bonchev–Trinajstić information content (AvgIpc) is 3.56. The third-order valence-electron chi connectivity index (χ3n) is 7.53. The van der Waals surface area contributed by atoms with E-state index in [1.54, 1.807) is 13.2 Å². The lowest BCUT2D eigenvalue weighted by Crippen LogP contribution is -2.33. The number of aryl methyl sites for hydroxylation is 1. The van der Waals surface area contributed by atoms with Crippen LogP contribution in [0, 0.1) is 17.5 Å². The maximum Gasteiger partial charge on any atom is 0.416 e. The van der Waals surface area contributed by atoms with Gasteiger partial charge in [0, 0.05) is 36.0 Å². The molecule has 15 heteroatoms. The van der Waals surface area contributed by atoms with E-state index in [1.165, 1.54) is 10.8 Å². The molecule has 0 aliphatic carbocycles. The molecule has 3 heterocycles. The summed E-state index contributed by atoms with van der Waals surface area (Å²) < 4.78 is 90.5. The fraction of sp³-hybridized carbons (Fsp3) is 0.345. The third-order valence-corrected chi connectivity index (χ3v) is 7.53. The van der Waals surface area contributed by atoms with Crippen LogP contribution >= 0.6 is 0 Å². The minimum atomic E-state index is -4.79. The second kappa shape index (κ2) is 12.7. The van der Waals surface area contributed by atoms with Crippen LogP contribution in [0.5, 0.6) is 0 Å². The zero-order chi connectivity index (χ0) is 31.6. The van der Waals surface area contributed by atoms with E-state index in [1.807, 2.05) is 10.6 Å². The van der Waals surface area contributed by atoms with Gasteiger partial charge in [-0.05, 0) is 69.1 Å². The van der Waals surface area contributed by atoms with Crippen molar-refractivity contribution in [1.82, 2.24) is 19.5 Å². The van der Waals surface area contributed by atoms with Gasteiger partial charge in [0.25, 0.3) is 0 Å². The van der Waals surface area contributed by atoms with Gasteiger partial charge < -0.3 is 21.1 Å². The second-order valence-corrected chi connectivity index (χ2v) is 10.4. The number of carbonyl (C=O) groups is 1. The van der Waals surface area contributed by atoms with Crippen molar-refractivity contribution in [3.05, 3.63) is 71.4 Å². The maximum absolute atomic E-state index is 15.4. The molecule has 1 atom stereocenters. The number of nitrogens with one attached hydrogen (secondary N) is 2. The SMILES string of the molecule is COC[C@@H]1CCCN1CCCc1cc(-c2cc(F)c(NC(=O)Nc3cc(C(F)(F)F)ccc3F)cc2F)c2c(N)ncnn12. The number of methoxy groups -OCH3 is 1. The van der Waals surface area contributed by atoms with Crippen molar-refractivity contribution < 1.29 is 35.9 Å². The Morgan fingerprint density at radius 3 is 2.52 bits per heavy atom. The van der Waals surface area contributed by atoms with Gasteiger partial charge in [0.1, 0.15) is 29.3 Å². The minimum Gasteiger partial charge on any atom is -0.383 e. The summed E-state index contributed by atoms with van der Waals surface area (Å²) in [6.45, 7) is 2.44. The quantitative estimate of drug-likeness (QED) is 0.195. The topological polar surface area (TPSA) is 110 Å². The lowest BCUT2D eigenvalue weighted by molar-refractivity contribution is -0.137. The summed E-state index contributed by atoms with van der Waals surface area (Å²) in [5, 5.41) is 8.16. The molecule has 44 heavy (non-hydrogen) atoms. The molecule has 4 aromatic rings. The highest BCUT2D eigenvalue weighted by Crippen LogP contribution is 2.35. The van der Waals surface area contributed by atoms with E-state index in [-0.39, 0.29) is 22.5 Å². The molecule has 0 bridgehead atoms. The molecule has 0 unspecified atom stereocenters. The number of urea groups is 1. The van der Waals surface area contributed by atoms with Gasteiger partial charge in [-0.1, -0.05) is 0 Å². The molecule has 4 N–H and O–H groups in total. The summed E-state index contributed by atoms with van der Waals surface area (Å²) in [6, 6.07) is 3.71. The summed E-state index contributed by atoms with van der Waals surface area (Å²) in [5.41, 5.74) is 4.53. The molecule has 1 aliphatic rings. The van der Waals surface area contributed by atoms with Crippen LogP contribution in [-0.4, -0.2) is 58.4 Å². The second-order valence-electron chi connectivity index (χ2n) is 10.4. The number of nitrogens with two attached hydrogens (primary N) is 1. The van der Waals surface area contributed by atoms with Gasteiger partial charge >= 0.3 is 12.2 Å². The Bertz CT molecular complexity index is 1680. The molecule has 2 aromatic heterocycles. The normalized spacial score (nSPS) is 15.7. The number of likely N-dealkylation sites (tertiary alicyclic amines) is 1. The fourth-order valence-corrected chi connectivity index (χ4v) is 5.47. The largest absolute Gasteiger partial charge is 0.416 e. The molecular weight excluding hydrogens is 592 g/mol. The number of nitrogens with zero attached hydrogens (tertiary/aromatic N) is 4. The van der Waals surface area contributed by atoms with E-state index >= 15 is 8.78 Å². The molecule has 234 valence electrons. The van der Waals surface area contributed by atoms with Crippen LogP contribution in [0.3, 0.4) is 0 Å². The molecule has 2 amide bonds. The van der Waals surface area contributed by atoms with Gasteiger partial charge in [-0.25, -0.2) is 27.5 Å². The van der Waals surface area contributed by atoms with Crippen LogP contribution in [-0.2, 0) is 17.3 Å². The third kappa shape index (κ3) is 6.58. The predicted molar refractivity (Wildman–Crippen MR) is 152 cm³/mol. The number of hydrogen-bond donors (Lipinski definition) is 3. The van der Waals surface area contributed by atoms with Crippen LogP contribution in [0.2, 0.25) is 0 Å². The number of fused-ring (bicyclic) bond motifs is 1. The number of benzene rings is 2. The van der Waals surface area contributed by atoms with E-state index in [0.29, 0.717) is 49.0 Å². The molecule has 0 spiro atoms. The van der Waals surface area contributed by atoms with E-state index in [0.717, 1.165) is 38.4 Å². The predicted octanol–water partition coefficient (Wildman–Crippen LogP) is 6.10. The van der Waals surface area contributed by atoms with E-state index in [9.17, 15) is 22.4 Å². The Morgan fingerprint density at radius 2 is 1.80 bits per heavy atom.